The maximum absolute atomic E-state index is 13.7. The number of hydrogen-bond donors (Lipinski definition) is 1. The Balaban J connectivity index is 1.35. The van der Waals surface area contributed by atoms with E-state index in [4.69, 9.17) is 0 Å². The Hall–Kier alpha value is -4.26. The first-order chi connectivity index (χ1) is 18.2. The molecule has 6 rings (SSSR count). The minimum Gasteiger partial charge on any atom is -0.377 e. The van der Waals surface area contributed by atoms with Crippen molar-refractivity contribution in [2.24, 2.45) is 7.05 Å². The Morgan fingerprint density at radius 2 is 1.79 bits per heavy atom. The van der Waals surface area contributed by atoms with Gasteiger partial charge in [0.1, 0.15) is 0 Å². The van der Waals surface area contributed by atoms with Crippen LogP contribution >= 0.6 is 0 Å². The Labute approximate surface area is 215 Å². The summed E-state index contributed by atoms with van der Waals surface area (Å²) in [6, 6.07) is 7.72. The van der Waals surface area contributed by atoms with E-state index in [1.54, 1.807) is 27.7 Å². The van der Waals surface area contributed by atoms with Crippen molar-refractivity contribution in [1.29, 1.82) is 0 Å². The molecule has 0 spiro atoms. The molecule has 1 aromatic carbocycles. The number of anilines is 2. The molecule has 0 amide bonds. The number of halogens is 3. The zero-order chi connectivity index (χ0) is 26.4. The predicted molar refractivity (Wildman–Crippen MR) is 137 cm³/mol. The van der Waals surface area contributed by atoms with Gasteiger partial charge in [-0.15, -0.1) is 10.2 Å². The van der Waals surface area contributed by atoms with Crippen molar-refractivity contribution in [2.45, 2.75) is 12.7 Å². The Kier molecular flexibility index (Phi) is 5.86. The molecule has 0 bridgehead atoms. The van der Waals surface area contributed by atoms with Gasteiger partial charge in [-0.2, -0.15) is 27.9 Å². The smallest absolute Gasteiger partial charge is 0.377 e. The minimum atomic E-state index is -4.51. The molecule has 196 valence electrons. The van der Waals surface area contributed by atoms with Crippen LogP contribution in [0.1, 0.15) is 11.4 Å². The van der Waals surface area contributed by atoms with E-state index in [1.165, 1.54) is 0 Å². The lowest BCUT2D eigenvalue weighted by molar-refractivity contribution is -0.137. The van der Waals surface area contributed by atoms with E-state index in [0.717, 1.165) is 49.6 Å². The molecule has 4 aromatic heterocycles. The lowest BCUT2D eigenvalue weighted by Crippen LogP contribution is -2.44. The van der Waals surface area contributed by atoms with Gasteiger partial charge in [-0.1, -0.05) is 0 Å². The maximum atomic E-state index is 13.7. The number of fused-ring (bicyclic) bond motifs is 2. The van der Waals surface area contributed by atoms with E-state index in [1.807, 2.05) is 25.4 Å². The third-order valence-electron chi connectivity index (χ3n) is 6.75. The molecule has 5 aromatic rings. The number of piperazine rings is 1. The van der Waals surface area contributed by atoms with Gasteiger partial charge in [0, 0.05) is 56.1 Å². The number of nitrogens with zero attached hydrogens (tertiary/aromatic N) is 9. The van der Waals surface area contributed by atoms with E-state index in [9.17, 15) is 13.2 Å². The first-order valence-corrected chi connectivity index (χ1v) is 12.1. The Morgan fingerprint density at radius 3 is 2.53 bits per heavy atom. The van der Waals surface area contributed by atoms with Crippen LogP contribution in [0, 0.1) is 0 Å². The van der Waals surface area contributed by atoms with Gasteiger partial charge in [0.25, 0.3) is 0 Å². The fraction of sp³-hybridized carbons (Fsp3) is 0.320. The molecule has 0 atom stereocenters. The van der Waals surface area contributed by atoms with Gasteiger partial charge in [0.15, 0.2) is 11.5 Å². The first-order valence-electron chi connectivity index (χ1n) is 12.1. The number of aryl methyl sites for hydroxylation is 1. The van der Waals surface area contributed by atoms with Crippen LogP contribution in [0.5, 0.6) is 0 Å². The number of rotatable bonds is 5. The topological polar surface area (TPSA) is 92.3 Å². The average Bonchev–Trinajstić information content (AvgIpc) is 3.52. The summed E-state index contributed by atoms with van der Waals surface area (Å²) in [7, 11) is 3.89. The van der Waals surface area contributed by atoms with Gasteiger partial charge in [-0.3, -0.25) is 9.67 Å². The molecule has 5 heterocycles. The number of aromatic nitrogens is 7. The zero-order valence-electron chi connectivity index (χ0n) is 20.8. The van der Waals surface area contributed by atoms with E-state index < -0.39 is 11.7 Å². The standard InChI is InChI=1S/C25H25F3N10/c1-35-5-7-37(8-6-35)18-11-19-21(29-13-18)9-17(25(26,27)28)10-22(19)30-14-24-33-32-23-4-3-20(34-38(23)24)16-12-31-36(2)15-16/h3-4,9-13,15,30H,5-8,14H2,1-2H3. The second kappa shape index (κ2) is 9.24. The molecule has 1 saturated heterocycles. The molecule has 38 heavy (non-hydrogen) atoms. The summed E-state index contributed by atoms with van der Waals surface area (Å²) in [5.74, 6) is 0.458. The highest BCUT2D eigenvalue weighted by Crippen LogP contribution is 2.36. The number of benzene rings is 1. The van der Waals surface area contributed by atoms with Gasteiger partial charge >= 0.3 is 6.18 Å². The molecule has 1 N–H and O–H groups in total. The summed E-state index contributed by atoms with van der Waals surface area (Å²) in [6.07, 6.45) is 0.685. The molecule has 0 radical (unpaired) electrons. The van der Waals surface area contributed by atoms with Crippen molar-refractivity contribution in [3.05, 3.63) is 60.3 Å². The first kappa shape index (κ1) is 24.1. The van der Waals surface area contributed by atoms with Crippen molar-refractivity contribution in [1.82, 2.24) is 39.5 Å². The quantitative estimate of drug-likeness (QED) is 0.375. The Morgan fingerprint density at radius 1 is 0.974 bits per heavy atom. The number of nitrogens with one attached hydrogen (secondary N) is 1. The highest BCUT2D eigenvalue weighted by atomic mass is 19.4. The fourth-order valence-electron chi connectivity index (χ4n) is 4.59. The monoisotopic (exact) mass is 522 g/mol. The summed E-state index contributed by atoms with van der Waals surface area (Å²) in [5.41, 5.74) is 2.73. The normalized spacial score (nSPS) is 15.0. The molecule has 0 saturated carbocycles. The molecule has 0 unspecified atom stereocenters. The van der Waals surface area contributed by atoms with Crippen LogP contribution in [0.15, 0.2) is 48.9 Å². The zero-order valence-corrected chi connectivity index (χ0v) is 20.8. The molecule has 1 aliphatic heterocycles. The summed E-state index contributed by atoms with van der Waals surface area (Å²) >= 11 is 0. The van der Waals surface area contributed by atoms with Gasteiger partial charge in [-0.05, 0) is 37.4 Å². The highest BCUT2D eigenvalue weighted by molar-refractivity contribution is 5.94. The Bertz CT molecular complexity index is 1620. The van der Waals surface area contributed by atoms with Crippen LogP contribution in [0.3, 0.4) is 0 Å². The van der Waals surface area contributed by atoms with E-state index in [2.05, 4.69) is 47.5 Å². The summed E-state index contributed by atoms with van der Waals surface area (Å²) in [4.78, 5) is 8.84. The lowest BCUT2D eigenvalue weighted by Gasteiger charge is -2.34. The third-order valence-corrected chi connectivity index (χ3v) is 6.75. The van der Waals surface area contributed by atoms with E-state index in [-0.39, 0.29) is 12.1 Å². The fourth-order valence-corrected chi connectivity index (χ4v) is 4.59. The van der Waals surface area contributed by atoms with Crippen molar-refractivity contribution < 1.29 is 13.2 Å². The largest absolute Gasteiger partial charge is 0.416 e. The van der Waals surface area contributed by atoms with Crippen molar-refractivity contribution >= 4 is 27.9 Å². The molecule has 13 heteroatoms. The van der Waals surface area contributed by atoms with E-state index in [0.29, 0.717) is 28.2 Å². The maximum Gasteiger partial charge on any atom is 0.416 e. The number of pyridine rings is 1. The van der Waals surface area contributed by atoms with E-state index >= 15 is 0 Å². The van der Waals surface area contributed by atoms with Crippen LogP contribution in [-0.2, 0) is 19.8 Å². The van der Waals surface area contributed by atoms with Crippen LogP contribution < -0.4 is 10.2 Å². The third kappa shape index (κ3) is 4.60. The lowest BCUT2D eigenvalue weighted by atomic mass is 10.1. The van der Waals surface area contributed by atoms with Gasteiger partial charge < -0.3 is 15.1 Å². The second-order valence-corrected chi connectivity index (χ2v) is 9.43. The van der Waals surface area contributed by atoms with Gasteiger partial charge in [0.05, 0.1) is 41.4 Å². The SMILES string of the molecule is CN1CCN(c2cnc3cc(C(F)(F)F)cc(NCc4nnc5ccc(-c6cnn(C)c6)nn45)c3c2)CC1. The molecular formula is C25H25F3N10. The molecule has 1 fully saturated rings. The average molecular weight is 523 g/mol. The minimum absolute atomic E-state index is 0.111. The summed E-state index contributed by atoms with van der Waals surface area (Å²) in [5, 5.41) is 20.9. The van der Waals surface area contributed by atoms with Crippen LogP contribution in [0.4, 0.5) is 24.5 Å². The number of hydrogen-bond acceptors (Lipinski definition) is 8. The number of alkyl halides is 3. The van der Waals surface area contributed by atoms with Crippen molar-refractivity contribution in [2.75, 3.05) is 43.4 Å². The van der Waals surface area contributed by atoms with Crippen LogP contribution in [0.2, 0.25) is 0 Å². The van der Waals surface area contributed by atoms with Gasteiger partial charge in [-0.25, -0.2) is 0 Å². The van der Waals surface area contributed by atoms with Crippen LogP contribution in [-0.4, -0.2) is 72.7 Å². The van der Waals surface area contributed by atoms with Crippen LogP contribution in [0.25, 0.3) is 27.8 Å². The predicted octanol–water partition coefficient (Wildman–Crippen LogP) is 3.46. The number of likely N-dealkylation sites (N-methyl/N-ethyl adjacent to an activating group) is 1. The molecule has 0 aliphatic carbocycles. The van der Waals surface area contributed by atoms with Crippen molar-refractivity contribution in [3.8, 4) is 11.3 Å². The van der Waals surface area contributed by atoms with Gasteiger partial charge in [0.2, 0.25) is 0 Å². The molecule has 10 nitrogen and oxygen atoms in total. The summed E-state index contributed by atoms with van der Waals surface area (Å²) in [6.45, 7) is 3.57. The highest BCUT2D eigenvalue weighted by Gasteiger charge is 2.32. The second-order valence-electron chi connectivity index (χ2n) is 9.43. The summed E-state index contributed by atoms with van der Waals surface area (Å²) < 4.78 is 44.4. The molecule has 1 aliphatic rings. The van der Waals surface area contributed by atoms with Crippen molar-refractivity contribution in [3.63, 3.8) is 0 Å². The molecular weight excluding hydrogens is 497 g/mol.